The Balaban J connectivity index is 1.89. The van der Waals surface area contributed by atoms with Crippen molar-refractivity contribution in [2.24, 2.45) is 0 Å². The topological polar surface area (TPSA) is 24.1 Å². The van der Waals surface area contributed by atoms with Crippen molar-refractivity contribution in [2.45, 2.75) is 51.1 Å². The van der Waals surface area contributed by atoms with Crippen LogP contribution >= 0.6 is 12.2 Å². The molecule has 0 unspecified atom stereocenters. The monoisotopic (exact) mass is 298 g/mol. The molecule has 2 nitrogen and oxygen atoms in total. The van der Waals surface area contributed by atoms with E-state index in [0.29, 0.717) is 16.7 Å². The maximum atomic E-state index is 13.7. The molecule has 0 bridgehead atoms. The van der Waals surface area contributed by atoms with E-state index >= 15 is 0 Å². The second-order valence-electron chi connectivity index (χ2n) is 5.34. The van der Waals surface area contributed by atoms with E-state index in [1.165, 1.54) is 31.4 Å². The molecule has 0 aliphatic heterocycles. The SMILES string of the molecule is C[C@H](NC(=S)NC1CCCCC1)c1ccc(F)cc1F. The Kier molecular flexibility index (Phi) is 5.29. The number of thiocarbonyl (C=S) groups is 1. The number of hydrogen-bond acceptors (Lipinski definition) is 1. The van der Waals surface area contributed by atoms with Gasteiger partial charge in [-0.3, -0.25) is 0 Å². The van der Waals surface area contributed by atoms with Crippen molar-refractivity contribution in [2.75, 3.05) is 0 Å². The molecule has 0 saturated heterocycles. The van der Waals surface area contributed by atoms with E-state index in [-0.39, 0.29) is 6.04 Å². The molecule has 1 aromatic rings. The molecule has 1 aliphatic rings. The summed E-state index contributed by atoms with van der Waals surface area (Å²) in [7, 11) is 0. The van der Waals surface area contributed by atoms with E-state index < -0.39 is 11.6 Å². The fourth-order valence-corrected chi connectivity index (χ4v) is 2.94. The molecule has 0 spiro atoms. The molecular weight excluding hydrogens is 278 g/mol. The number of hydrogen-bond donors (Lipinski definition) is 2. The minimum atomic E-state index is -0.568. The van der Waals surface area contributed by atoms with Crippen molar-refractivity contribution in [3.05, 3.63) is 35.4 Å². The first-order chi connectivity index (χ1) is 9.56. The van der Waals surface area contributed by atoms with Crippen LogP contribution in [0.3, 0.4) is 0 Å². The van der Waals surface area contributed by atoms with Crippen LogP contribution in [0.25, 0.3) is 0 Å². The minimum absolute atomic E-state index is 0.292. The first kappa shape index (κ1) is 15.2. The molecular formula is C15H20F2N2S. The molecule has 5 heteroatoms. The maximum absolute atomic E-state index is 13.7. The van der Waals surface area contributed by atoms with Crippen molar-refractivity contribution in [1.29, 1.82) is 0 Å². The lowest BCUT2D eigenvalue weighted by Gasteiger charge is -2.26. The Morgan fingerprint density at radius 1 is 1.25 bits per heavy atom. The normalized spacial score (nSPS) is 17.6. The van der Waals surface area contributed by atoms with Gasteiger partial charge < -0.3 is 10.6 Å². The van der Waals surface area contributed by atoms with E-state index in [0.717, 1.165) is 18.9 Å². The molecule has 0 heterocycles. The molecule has 1 atom stereocenters. The maximum Gasteiger partial charge on any atom is 0.166 e. The van der Waals surface area contributed by atoms with Gasteiger partial charge in [0.15, 0.2) is 5.11 Å². The van der Waals surface area contributed by atoms with Crippen LogP contribution in [0.5, 0.6) is 0 Å². The van der Waals surface area contributed by atoms with E-state index in [1.54, 1.807) is 0 Å². The summed E-state index contributed by atoms with van der Waals surface area (Å²) in [6.45, 7) is 1.81. The number of nitrogens with one attached hydrogen (secondary N) is 2. The van der Waals surface area contributed by atoms with Crippen molar-refractivity contribution >= 4 is 17.3 Å². The fourth-order valence-electron chi connectivity index (χ4n) is 2.60. The summed E-state index contributed by atoms with van der Waals surface area (Å²) < 4.78 is 26.6. The molecule has 1 aliphatic carbocycles. The van der Waals surface area contributed by atoms with Crippen LogP contribution in [-0.4, -0.2) is 11.2 Å². The van der Waals surface area contributed by atoms with Crippen LogP contribution in [0.15, 0.2) is 18.2 Å². The van der Waals surface area contributed by atoms with Crippen molar-refractivity contribution < 1.29 is 8.78 Å². The fraction of sp³-hybridized carbons (Fsp3) is 0.533. The van der Waals surface area contributed by atoms with Gasteiger partial charge in [-0.2, -0.15) is 0 Å². The van der Waals surface area contributed by atoms with Crippen LogP contribution in [0.1, 0.15) is 50.6 Å². The molecule has 1 saturated carbocycles. The molecule has 1 aromatic carbocycles. The third kappa shape index (κ3) is 4.13. The Labute approximate surface area is 123 Å². The molecule has 1 fully saturated rings. The second-order valence-corrected chi connectivity index (χ2v) is 5.75. The summed E-state index contributed by atoms with van der Waals surface area (Å²) in [6.07, 6.45) is 5.99. The Bertz CT molecular complexity index is 473. The molecule has 20 heavy (non-hydrogen) atoms. The lowest BCUT2D eigenvalue weighted by molar-refractivity contribution is 0.410. The minimum Gasteiger partial charge on any atom is -0.360 e. The van der Waals surface area contributed by atoms with Crippen molar-refractivity contribution in [3.63, 3.8) is 0 Å². The molecule has 0 radical (unpaired) electrons. The first-order valence-corrected chi connectivity index (χ1v) is 7.49. The molecule has 0 aromatic heterocycles. The highest BCUT2D eigenvalue weighted by atomic mass is 32.1. The number of benzene rings is 1. The summed E-state index contributed by atoms with van der Waals surface area (Å²) in [6, 6.07) is 3.72. The molecule has 2 N–H and O–H groups in total. The van der Waals surface area contributed by atoms with E-state index in [4.69, 9.17) is 12.2 Å². The van der Waals surface area contributed by atoms with Gasteiger partial charge in [-0.15, -0.1) is 0 Å². The summed E-state index contributed by atoms with van der Waals surface area (Å²) in [5, 5.41) is 6.87. The van der Waals surface area contributed by atoms with Crippen molar-refractivity contribution in [1.82, 2.24) is 10.6 Å². The average molecular weight is 298 g/mol. The van der Waals surface area contributed by atoms with Gasteiger partial charge in [-0.25, -0.2) is 8.78 Å². The molecule has 2 rings (SSSR count). The van der Waals surface area contributed by atoms with Gasteiger partial charge in [-0.05, 0) is 38.0 Å². The van der Waals surface area contributed by atoms with Gasteiger partial charge in [0.25, 0.3) is 0 Å². The first-order valence-electron chi connectivity index (χ1n) is 7.08. The van der Waals surface area contributed by atoms with Crippen LogP contribution in [0, 0.1) is 11.6 Å². The third-order valence-corrected chi connectivity index (χ3v) is 3.95. The van der Waals surface area contributed by atoms with Crippen molar-refractivity contribution in [3.8, 4) is 0 Å². The van der Waals surface area contributed by atoms with Crippen LogP contribution in [0.2, 0.25) is 0 Å². The predicted molar refractivity (Wildman–Crippen MR) is 80.5 cm³/mol. The lowest BCUT2D eigenvalue weighted by atomic mass is 9.96. The number of halogens is 2. The third-order valence-electron chi connectivity index (χ3n) is 3.72. The standard InChI is InChI=1S/C15H20F2N2S/c1-10(13-8-7-11(16)9-14(13)17)18-15(20)19-12-5-3-2-4-6-12/h7-10,12H,2-6H2,1H3,(H2,18,19,20)/t10-/m0/s1. The van der Waals surface area contributed by atoms with Crippen LogP contribution in [0.4, 0.5) is 8.78 Å². The van der Waals surface area contributed by atoms with Gasteiger partial charge in [0.2, 0.25) is 0 Å². The summed E-state index contributed by atoms with van der Waals surface area (Å²) in [4.78, 5) is 0. The van der Waals surface area contributed by atoms with Gasteiger partial charge in [0.1, 0.15) is 11.6 Å². The molecule has 110 valence electrons. The lowest BCUT2D eigenvalue weighted by Crippen LogP contribution is -2.43. The average Bonchev–Trinajstić information content (AvgIpc) is 2.39. The van der Waals surface area contributed by atoms with E-state index in [1.807, 2.05) is 6.92 Å². The van der Waals surface area contributed by atoms with Gasteiger partial charge in [0.05, 0.1) is 6.04 Å². The zero-order chi connectivity index (χ0) is 14.5. The summed E-state index contributed by atoms with van der Waals surface area (Å²) in [5.41, 5.74) is 0.416. The van der Waals surface area contributed by atoms with Crippen LogP contribution < -0.4 is 10.6 Å². The zero-order valence-electron chi connectivity index (χ0n) is 11.6. The smallest absolute Gasteiger partial charge is 0.166 e. The van der Waals surface area contributed by atoms with Gasteiger partial charge in [0, 0.05) is 17.7 Å². The van der Waals surface area contributed by atoms with Gasteiger partial charge in [-0.1, -0.05) is 25.3 Å². The Morgan fingerprint density at radius 2 is 1.95 bits per heavy atom. The Hall–Kier alpha value is -1.23. The quantitative estimate of drug-likeness (QED) is 0.830. The number of rotatable bonds is 3. The van der Waals surface area contributed by atoms with E-state index in [2.05, 4.69) is 10.6 Å². The Morgan fingerprint density at radius 3 is 2.60 bits per heavy atom. The molecule has 0 amide bonds. The highest BCUT2D eigenvalue weighted by molar-refractivity contribution is 7.80. The largest absolute Gasteiger partial charge is 0.360 e. The summed E-state index contributed by atoms with van der Waals surface area (Å²) in [5.74, 6) is -1.12. The summed E-state index contributed by atoms with van der Waals surface area (Å²) >= 11 is 5.26. The zero-order valence-corrected chi connectivity index (χ0v) is 12.4. The van der Waals surface area contributed by atoms with E-state index in [9.17, 15) is 8.78 Å². The highest BCUT2D eigenvalue weighted by Crippen LogP contribution is 2.19. The van der Waals surface area contributed by atoms with Gasteiger partial charge >= 0.3 is 0 Å². The predicted octanol–water partition coefficient (Wildman–Crippen LogP) is 3.82. The second kappa shape index (κ2) is 6.97. The highest BCUT2D eigenvalue weighted by Gasteiger charge is 2.16. The van der Waals surface area contributed by atoms with Crippen LogP contribution in [-0.2, 0) is 0 Å².